The van der Waals surface area contributed by atoms with E-state index in [-0.39, 0.29) is 6.03 Å². The highest BCUT2D eigenvalue weighted by Gasteiger charge is 2.47. The molecule has 2 aliphatic rings. The highest BCUT2D eigenvalue weighted by Crippen LogP contribution is 2.38. The van der Waals surface area contributed by atoms with Gasteiger partial charge in [0, 0.05) is 12.0 Å². The molecular weight excluding hydrogens is 278 g/mol. The van der Waals surface area contributed by atoms with Crippen molar-refractivity contribution in [2.45, 2.75) is 19.0 Å². The molecule has 0 bridgehead atoms. The van der Waals surface area contributed by atoms with Crippen LogP contribution in [0.5, 0.6) is 5.75 Å². The Bertz CT molecular complexity index is 732. The molecule has 0 aromatic heterocycles. The average molecular weight is 295 g/mol. The van der Waals surface area contributed by atoms with E-state index in [0.29, 0.717) is 13.0 Å². The Kier molecular flexibility index (Phi) is 2.84. The van der Waals surface area contributed by atoms with Crippen LogP contribution in [0, 0.1) is 6.92 Å². The van der Waals surface area contributed by atoms with E-state index in [0.717, 1.165) is 22.6 Å². The number of amides is 2. The number of carbonyl (C=O) groups is 1. The maximum atomic E-state index is 12.5. The van der Waals surface area contributed by atoms with Gasteiger partial charge in [0.15, 0.2) is 0 Å². The molecule has 1 unspecified atom stereocenters. The van der Waals surface area contributed by atoms with Crippen LogP contribution in [0.2, 0.25) is 0 Å². The molecular formula is C17H17N3O2. The number of hydrogen-bond donors (Lipinski definition) is 2. The van der Waals surface area contributed by atoms with Gasteiger partial charge in [-0.2, -0.15) is 5.43 Å². The summed E-state index contributed by atoms with van der Waals surface area (Å²) in [5.41, 5.74) is 5.68. The van der Waals surface area contributed by atoms with Crippen LogP contribution in [-0.2, 0) is 5.66 Å². The summed E-state index contributed by atoms with van der Waals surface area (Å²) in [6, 6.07) is 15.5. The Morgan fingerprint density at radius 1 is 1.18 bits per heavy atom. The normalized spacial score (nSPS) is 23.1. The van der Waals surface area contributed by atoms with Crippen molar-refractivity contribution >= 4 is 11.7 Å². The van der Waals surface area contributed by atoms with Gasteiger partial charge < -0.3 is 10.1 Å². The molecule has 112 valence electrons. The molecule has 1 fully saturated rings. The third-order valence-corrected chi connectivity index (χ3v) is 4.17. The van der Waals surface area contributed by atoms with Crippen LogP contribution in [0.4, 0.5) is 10.5 Å². The van der Waals surface area contributed by atoms with Gasteiger partial charge in [0.1, 0.15) is 11.4 Å². The van der Waals surface area contributed by atoms with Crippen LogP contribution in [0.25, 0.3) is 0 Å². The summed E-state index contributed by atoms with van der Waals surface area (Å²) >= 11 is 0. The SMILES string of the molecule is Cc1ccc2c(c1)C1(CCO2)NC(=O)N(c2ccccc2)N1. The van der Waals surface area contributed by atoms with Gasteiger partial charge in [-0.25, -0.2) is 9.80 Å². The molecule has 0 saturated carbocycles. The fraction of sp³-hybridized carbons (Fsp3) is 0.235. The second-order valence-electron chi connectivity index (χ2n) is 5.72. The second kappa shape index (κ2) is 4.74. The molecule has 2 aromatic carbocycles. The Morgan fingerprint density at radius 3 is 2.82 bits per heavy atom. The largest absolute Gasteiger partial charge is 0.493 e. The molecule has 1 atom stereocenters. The number of nitrogens with zero attached hydrogens (tertiary/aromatic N) is 1. The van der Waals surface area contributed by atoms with Gasteiger partial charge in [-0.1, -0.05) is 29.8 Å². The van der Waals surface area contributed by atoms with Crippen LogP contribution in [0.1, 0.15) is 17.5 Å². The number of para-hydroxylation sites is 1. The minimum Gasteiger partial charge on any atom is -0.493 e. The molecule has 5 nitrogen and oxygen atoms in total. The maximum Gasteiger partial charge on any atom is 0.338 e. The number of fused-ring (bicyclic) bond motifs is 2. The van der Waals surface area contributed by atoms with Gasteiger partial charge in [-0.3, -0.25) is 0 Å². The number of aryl methyl sites for hydroxylation is 1. The second-order valence-corrected chi connectivity index (χ2v) is 5.72. The first-order valence-electron chi connectivity index (χ1n) is 7.37. The van der Waals surface area contributed by atoms with E-state index >= 15 is 0 Å². The number of hydrazine groups is 1. The Labute approximate surface area is 128 Å². The number of nitrogens with one attached hydrogen (secondary N) is 2. The number of rotatable bonds is 1. The van der Waals surface area contributed by atoms with E-state index in [1.165, 1.54) is 0 Å². The van der Waals surface area contributed by atoms with E-state index in [9.17, 15) is 4.79 Å². The maximum absolute atomic E-state index is 12.5. The molecule has 2 aliphatic heterocycles. The lowest BCUT2D eigenvalue weighted by molar-refractivity contribution is 0.182. The third kappa shape index (κ3) is 1.94. The molecule has 0 aliphatic carbocycles. The molecule has 2 heterocycles. The van der Waals surface area contributed by atoms with Gasteiger partial charge in [-0.05, 0) is 31.2 Å². The minimum absolute atomic E-state index is 0.152. The zero-order valence-corrected chi connectivity index (χ0v) is 12.3. The van der Waals surface area contributed by atoms with Gasteiger partial charge in [0.2, 0.25) is 0 Å². The molecule has 4 rings (SSSR count). The number of carbonyl (C=O) groups excluding carboxylic acids is 1. The van der Waals surface area contributed by atoms with E-state index in [1.807, 2.05) is 49.4 Å². The van der Waals surface area contributed by atoms with Gasteiger partial charge >= 0.3 is 6.03 Å². The number of hydrogen-bond acceptors (Lipinski definition) is 3. The van der Waals surface area contributed by atoms with Gasteiger partial charge in [0.25, 0.3) is 0 Å². The fourth-order valence-electron chi connectivity index (χ4n) is 3.06. The molecule has 5 heteroatoms. The number of urea groups is 1. The lowest BCUT2D eigenvalue weighted by atomic mass is 9.92. The smallest absolute Gasteiger partial charge is 0.338 e. The van der Waals surface area contributed by atoms with E-state index in [1.54, 1.807) is 5.01 Å². The first kappa shape index (κ1) is 13.2. The summed E-state index contributed by atoms with van der Waals surface area (Å²) in [5, 5.41) is 4.66. The topological polar surface area (TPSA) is 53.6 Å². The van der Waals surface area contributed by atoms with Crippen molar-refractivity contribution in [1.82, 2.24) is 10.7 Å². The summed E-state index contributed by atoms with van der Waals surface area (Å²) in [6.45, 7) is 2.60. The van der Waals surface area contributed by atoms with Crippen LogP contribution in [0.3, 0.4) is 0 Å². The van der Waals surface area contributed by atoms with Gasteiger partial charge in [0.05, 0.1) is 12.3 Å². The Hall–Kier alpha value is -2.53. The number of ether oxygens (including phenoxy) is 1. The predicted octanol–water partition coefficient (Wildman–Crippen LogP) is 2.66. The Morgan fingerprint density at radius 2 is 2.00 bits per heavy atom. The first-order chi connectivity index (χ1) is 10.7. The van der Waals surface area contributed by atoms with Gasteiger partial charge in [-0.15, -0.1) is 0 Å². The standard InChI is InChI=1S/C17H17N3O2/c1-12-7-8-15-14(11-12)17(9-10-22-15)18-16(21)20(19-17)13-5-3-2-4-6-13/h2-8,11,19H,9-10H2,1H3,(H,18,21). The summed E-state index contributed by atoms with van der Waals surface area (Å²) < 4.78 is 5.73. The highest BCUT2D eigenvalue weighted by atomic mass is 16.5. The molecule has 2 N–H and O–H groups in total. The quantitative estimate of drug-likeness (QED) is 0.850. The Balaban J connectivity index is 1.76. The van der Waals surface area contributed by atoms with Crippen LogP contribution in [-0.4, -0.2) is 12.6 Å². The number of benzene rings is 2. The third-order valence-electron chi connectivity index (χ3n) is 4.17. The fourth-order valence-corrected chi connectivity index (χ4v) is 3.06. The highest BCUT2D eigenvalue weighted by molar-refractivity contribution is 5.94. The van der Waals surface area contributed by atoms with Crippen molar-refractivity contribution in [2.24, 2.45) is 0 Å². The monoisotopic (exact) mass is 295 g/mol. The molecule has 1 spiro atoms. The molecule has 2 aromatic rings. The summed E-state index contributed by atoms with van der Waals surface area (Å²) in [4.78, 5) is 12.5. The van der Waals surface area contributed by atoms with E-state index in [4.69, 9.17) is 4.74 Å². The van der Waals surface area contributed by atoms with Crippen molar-refractivity contribution in [3.8, 4) is 5.75 Å². The van der Waals surface area contributed by atoms with Crippen molar-refractivity contribution < 1.29 is 9.53 Å². The van der Waals surface area contributed by atoms with Crippen LogP contribution < -0.4 is 20.5 Å². The van der Waals surface area contributed by atoms with Crippen molar-refractivity contribution in [3.63, 3.8) is 0 Å². The molecule has 1 saturated heterocycles. The minimum atomic E-state index is -0.605. The van der Waals surface area contributed by atoms with Crippen molar-refractivity contribution in [3.05, 3.63) is 59.7 Å². The average Bonchev–Trinajstić information content (AvgIpc) is 2.87. The lowest BCUT2D eigenvalue weighted by Crippen LogP contribution is -2.51. The zero-order chi connectivity index (χ0) is 15.2. The number of anilines is 1. The van der Waals surface area contributed by atoms with E-state index in [2.05, 4.69) is 16.8 Å². The predicted molar refractivity (Wildman–Crippen MR) is 83.6 cm³/mol. The van der Waals surface area contributed by atoms with E-state index < -0.39 is 5.66 Å². The summed E-state index contributed by atoms with van der Waals surface area (Å²) in [7, 11) is 0. The van der Waals surface area contributed by atoms with Crippen LogP contribution >= 0.6 is 0 Å². The molecule has 0 radical (unpaired) electrons. The zero-order valence-electron chi connectivity index (χ0n) is 12.3. The van der Waals surface area contributed by atoms with Crippen molar-refractivity contribution in [1.29, 1.82) is 0 Å². The summed E-state index contributed by atoms with van der Waals surface area (Å²) in [6.07, 6.45) is 0.679. The first-order valence-corrected chi connectivity index (χ1v) is 7.37. The molecule has 22 heavy (non-hydrogen) atoms. The summed E-state index contributed by atoms with van der Waals surface area (Å²) in [5.74, 6) is 0.819. The lowest BCUT2D eigenvalue weighted by Gasteiger charge is -2.35. The molecule has 2 amide bonds. The van der Waals surface area contributed by atoms with Crippen molar-refractivity contribution in [2.75, 3.05) is 11.6 Å². The van der Waals surface area contributed by atoms with Crippen LogP contribution in [0.15, 0.2) is 48.5 Å².